The van der Waals surface area contributed by atoms with Crippen molar-refractivity contribution in [3.05, 3.63) is 54.1 Å². The average Bonchev–Trinajstić information content (AvgIpc) is 2.62. The molecule has 1 N–H and O–H groups in total. The lowest BCUT2D eigenvalue weighted by atomic mass is 10.2. The number of methoxy groups -OCH3 is 1. The third-order valence-corrected chi connectivity index (χ3v) is 4.05. The van der Waals surface area contributed by atoms with Crippen LogP contribution in [0.25, 0.3) is 0 Å². The molecule has 0 aliphatic heterocycles. The molecular weight excluding hydrogens is 314 g/mol. The number of nitrogens with zero attached hydrogens (tertiary/aromatic N) is 2. The lowest BCUT2D eigenvalue weighted by molar-refractivity contribution is -0.117. The molecule has 2 aromatic rings. The molecule has 0 fully saturated rings. The number of ether oxygens (including phenoxy) is 1. The van der Waals surface area contributed by atoms with Gasteiger partial charge >= 0.3 is 0 Å². The molecule has 0 spiro atoms. The fourth-order valence-corrected chi connectivity index (χ4v) is 2.58. The van der Waals surface area contributed by atoms with E-state index in [-0.39, 0.29) is 5.91 Å². The maximum atomic E-state index is 12.4. The Kier molecular flexibility index (Phi) is 6.83. The highest BCUT2D eigenvalue weighted by Gasteiger charge is 2.12. The molecule has 0 aliphatic rings. The Labute approximate surface area is 150 Å². The monoisotopic (exact) mass is 341 g/mol. The van der Waals surface area contributed by atoms with Gasteiger partial charge in [-0.3, -0.25) is 9.69 Å². The minimum Gasteiger partial charge on any atom is -0.495 e. The van der Waals surface area contributed by atoms with Gasteiger partial charge in [0.15, 0.2) is 0 Å². The number of carbonyl (C=O) groups excluding carboxylic acids is 1. The second-order valence-electron chi connectivity index (χ2n) is 6.11. The molecular formula is C20H27N3O2. The van der Waals surface area contributed by atoms with E-state index in [1.807, 2.05) is 38.4 Å². The summed E-state index contributed by atoms with van der Waals surface area (Å²) >= 11 is 0. The predicted molar refractivity (Wildman–Crippen MR) is 103 cm³/mol. The number of benzene rings is 2. The normalized spacial score (nSPS) is 10.6. The number of nitrogens with one attached hydrogen (secondary N) is 1. The van der Waals surface area contributed by atoms with Gasteiger partial charge in [-0.15, -0.1) is 0 Å². The van der Waals surface area contributed by atoms with Gasteiger partial charge < -0.3 is 15.0 Å². The molecule has 0 heterocycles. The highest BCUT2D eigenvalue weighted by Crippen LogP contribution is 2.23. The van der Waals surface area contributed by atoms with E-state index < -0.39 is 0 Å². The molecule has 0 saturated heterocycles. The van der Waals surface area contributed by atoms with Crippen molar-refractivity contribution in [2.75, 3.05) is 44.5 Å². The Morgan fingerprint density at radius 3 is 2.36 bits per heavy atom. The number of para-hydroxylation sites is 2. The van der Waals surface area contributed by atoms with Gasteiger partial charge in [0.25, 0.3) is 0 Å². The van der Waals surface area contributed by atoms with Gasteiger partial charge in [0.2, 0.25) is 5.91 Å². The first-order chi connectivity index (χ1) is 12.0. The first kappa shape index (κ1) is 18.8. The molecule has 5 heteroatoms. The first-order valence-corrected chi connectivity index (χ1v) is 8.45. The van der Waals surface area contributed by atoms with Crippen molar-refractivity contribution in [1.29, 1.82) is 0 Å². The Balaban J connectivity index is 1.95. The SMILES string of the molecule is CCN(CC(=O)Nc1ccccc1OC)Cc1ccc(N(C)C)cc1. The fourth-order valence-electron chi connectivity index (χ4n) is 2.58. The highest BCUT2D eigenvalue weighted by molar-refractivity contribution is 5.93. The van der Waals surface area contributed by atoms with Crippen LogP contribution in [0.1, 0.15) is 12.5 Å². The first-order valence-electron chi connectivity index (χ1n) is 8.45. The maximum Gasteiger partial charge on any atom is 0.238 e. The average molecular weight is 341 g/mol. The van der Waals surface area contributed by atoms with Gasteiger partial charge in [-0.05, 0) is 36.4 Å². The van der Waals surface area contributed by atoms with E-state index in [0.29, 0.717) is 18.0 Å². The van der Waals surface area contributed by atoms with Crippen LogP contribution in [0.3, 0.4) is 0 Å². The van der Waals surface area contributed by atoms with Crippen molar-refractivity contribution in [2.24, 2.45) is 0 Å². The van der Waals surface area contributed by atoms with Crippen molar-refractivity contribution in [1.82, 2.24) is 4.90 Å². The molecule has 2 rings (SSSR count). The molecule has 0 unspecified atom stereocenters. The Morgan fingerprint density at radius 1 is 1.08 bits per heavy atom. The maximum absolute atomic E-state index is 12.4. The van der Waals surface area contributed by atoms with Crippen LogP contribution in [0.5, 0.6) is 5.75 Å². The van der Waals surface area contributed by atoms with E-state index >= 15 is 0 Å². The topological polar surface area (TPSA) is 44.8 Å². The third kappa shape index (κ3) is 5.50. The molecule has 0 saturated carbocycles. The zero-order valence-electron chi connectivity index (χ0n) is 15.5. The number of hydrogen-bond donors (Lipinski definition) is 1. The summed E-state index contributed by atoms with van der Waals surface area (Å²) in [5.74, 6) is 0.620. The van der Waals surface area contributed by atoms with E-state index in [0.717, 1.165) is 13.1 Å². The van der Waals surface area contributed by atoms with Crippen LogP contribution >= 0.6 is 0 Å². The summed E-state index contributed by atoms with van der Waals surface area (Å²) in [7, 11) is 5.64. The molecule has 1 amide bonds. The quantitative estimate of drug-likeness (QED) is 0.801. The Bertz CT molecular complexity index is 684. The molecule has 5 nitrogen and oxygen atoms in total. The van der Waals surface area contributed by atoms with E-state index in [1.54, 1.807) is 7.11 Å². The van der Waals surface area contributed by atoms with Gasteiger partial charge in [-0.2, -0.15) is 0 Å². The van der Waals surface area contributed by atoms with E-state index in [2.05, 4.69) is 46.3 Å². The van der Waals surface area contributed by atoms with Crippen LogP contribution in [0.4, 0.5) is 11.4 Å². The van der Waals surface area contributed by atoms with Crippen LogP contribution in [-0.4, -0.2) is 45.1 Å². The summed E-state index contributed by atoms with van der Waals surface area (Å²) in [5.41, 5.74) is 3.06. The second kappa shape index (κ2) is 9.08. The summed E-state index contributed by atoms with van der Waals surface area (Å²) in [6, 6.07) is 15.8. The van der Waals surface area contributed by atoms with Gasteiger partial charge in [-0.1, -0.05) is 31.2 Å². The number of rotatable bonds is 8. The van der Waals surface area contributed by atoms with Crippen molar-refractivity contribution < 1.29 is 9.53 Å². The van der Waals surface area contributed by atoms with E-state index in [1.165, 1.54) is 11.3 Å². The van der Waals surface area contributed by atoms with Crippen LogP contribution < -0.4 is 15.0 Å². The summed E-state index contributed by atoms with van der Waals surface area (Å²) < 4.78 is 5.27. The van der Waals surface area contributed by atoms with Crippen LogP contribution in [0.2, 0.25) is 0 Å². The molecule has 0 aromatic heterocycles. The van der Waals surface area contributed by atoms with Gasteiger partial charge in [0.05, 0.1) is 19.3 Å². The Hall–Kier alpha value is -2.53. The number of hydrogen-bond acceptors (Lipinski definition) is 4. The molecule has 0 radical (unpaired) electrons. The molecule has 0 atom stereocenters. The lowest BCUT2D eigenvalue weighted by Gasteiger charge is -2.21. The standard InChI is InChI=1S/C20H27N3O2/c1-5-23(14-16-10-12-17(13-11-16)22(2)3)15-20(24)21-18-8-6-7-9-19(18)25-4/h6-13H,5,14-15H2,1-4H3,(H,21,24). The van der Waals surface area contributed by atoms with Crippen molar-refractivity contribution >= 4 is 17.3 Å². The molecule has 25 heavy (non-hydrogen) atoms. The molecule has 2 aromatic carbocycles. The molecule has 134 valence electrons. The number of carbonyl (C=O) groups is 1. The summed E-state index contributed by atoms with van der Waals surface area (Å²) in [6.45, 7) is 3.94. The van der Waals surface area contributed by atoms with Crippen LogP contribution in [0.15, 0.2) is 48.5 Å². The minimum absolute atomic E-state index is 0.0451. The minimum atomic E-state index is -0.0451. The zero-order valence-corrected chi connectivity index (χ0v) is 15.5. The number of likely N-dealkylation sites (N-methyl/N-ethyl adjacent to an activating group) is 1. The van der Waals surface area contributed by atoms with Crippen molar-refractivity contribution in [2.45, 2.75) is 13.5 Å². The van der Waals surface area contributed by atoms with E-state index in [9.17, 15) is 4.79 Å². The number of amides is 1. The van der Waals surface area contributed by atoms with Gasteiger partial charge in [-0.25, -0.2) is 0 Å². The number of anilines is 2. The highest BCUT2D eigenvalue weighted by atomic mass is 16.5. The summed E-state index contributed by atoms with van der Waals surface area (Å²) in [5, 5.41) is 2.92. The Morgan fingerprint density at radius 2 is 1.76 bits per heavy atom. The van der Waals surface area contributed by atoms with Gasteiger partial charge in [0, 0.05) is 26.3 Å². The largest absolute Gasteiger partial charge is 0.495 e. The van der Waals surface area contributed by atoms with Crippen LogP contribution in [-0.2, 0) is 11.3 Å². The van der Waals surface area contributed by atoms with Crippen molar-refractivity contribution in [3.63, 3.8) is 0 Å². The third-order valence-electron chi connectivity index (χ3n) is 4.05. The zero-order chi connectivity index (χ0) is 18.2. The predicted octanol–water partition coefficient (Wildman–Crippen LogP) is 3.22. The molecule has 0 aliphatic carbocycles. The van der Waals surface area contributed by atoms with Gasteiger partial charge in [0.1, 0.15) is 5.75 Å². The summed E-state index contributed by atoms with van der Waals surface area (Å²) in [6.07, 6.45) is 0. The van der Waals surface area contributed by atoms with Crippen molar-refractivity contribution in [3.8, 4) is 5.75 Å². The molecule has 0 bridgehead atoms. The smallest absolute Gasteiger partial charge is 0.238 e. The second-order valence-corrected chi connectivity index (χ2v) is 6.11. The van der Waals surface area contributed by atoms with E-state index in [4.69, 9.17) is 4.74 Å². The lowest BCUT2D eigenvalue weighted by Crippen LogP contribution is -2.32. The van der Waals surface area contributed by atoms with Crippen LogP contribution in [0, 0.1) is 0 Å². The fraction of sp³-hybridized carbons (Fsp3) is 0.350. The summed E-state index contributed by atoms with van der Waals surface area (Å²) in [4.78, 5) is 16.5.